The Morgan fingerprint density at radius 1 is 1.16 bits per heavy atom. The second-order valence-corrected chi connectivity index (χ2v) is 9.33. The highest BCUT2D eigenvalue weighted by Crippen LogP contribution is 2.32. The Morgan fingerprint density at radius 2 is 2.04 bits per heavy atom. The predicted octanol–water partition coefficient (Wildman–Crippen LogP) is 1.77. The van der Waals surface area contributed by atoms with Gasteiger partial charge in [-0.2, -0.15) is 5.06 Å². The van der Waals surface area contributed by atoms with Crippen LogP contribution in [0.4, 0.5) is 0 Å². The van der Waals surface area contributed by atoms with Crippen LogP contribution in [0.1, 0.15) is 44.2 Å². The van der Waals surface area contributed by atoms with Crippen molar-refractivity contribution in [2.75, 3.05) is 25.5 Å². The first-order chi connectivity index (χ1) is 12.1. The number of imidazole rings is 1. The van der Waals surface area contributed by atoms with E-state index < -0.39 is 9.84 Å². The molecule has 0 N–H and O–H groups in total. The van der Waals surface area contributed by atoms with Crippen LogP contribution in [-0.2, 0) is 32.5 Å². The largest absolute Gasteiger partial charge is 0.376 e. The summed E-state index contributed by atoms with van der Waals surface area (Å²) < 4.78 is 33.2. The summed E-state index contributed by atoms with van der Waals surface area (Å²) in [6, 6.07) is 0. The highest BCUT2D eigenvalue weighted by molar-refractivity contribution is 7.91. The van der Waals surface area contributed by atoms with Gasteiger partial charge in [0.15, 0.2) is 0 Å². The van der Waals surface area contributed by atoms with Gasteiger partial charge in [0, 0.05) is 13.2 Å². The molecule has 4 rings (SSSR count). The van der Waals surface area contributed by atoms with E-state index in [4.69, 9.17) is 9.57 Å². The van der Waals surface area contributed by atoms with E-state index in [1.165, 1.54) is 0 Å². The van der Waals surface area contributed by atoms with Gasteiger partial charge in [0.2, 0.25) is 15.0 Å². The van der Waals surface area contributed by atoms with Gasteiger partial charge < -0.3 is 9.30 Å². The molecule has 3 heterocycles. The summed E-state index contributed by atoms with van der Waals surface area (Å²) in [4.78, 5) is 10.0. The van der Waals surface area contributed by atoms with Gasteiger partial charge in [-0.1, -0.05) is 0 Å². The average molecular weight is 369 g/mol. The van der Waals surface area contributed by atoms with Crippen molar-refractivity contribution in [2.24, 2.45) is 5.92 Å². The van der Waals surface area contributed by atoms with Crippen molar-refractivity contribution in [3.05, 3.63) is 11.9 Å². The first-order valence-corrected chi connectivity index (χ1v) is 11.0. The van der Waals surface area contributed by atoms with Crippen LogP contribution in [0.15, 0.2) is 11.4 Å². The van der Waals surface area contributed by atoms with Gasteiger partial charge in [0.1, 0.15) is 0 Å². The van der Waals surface area contributed by atoms with Gasteiger partial charge in [0.05, 0.1) is 43.4 Å². The summed E-state index contributed by atoms with van der Waals surface area (Å²) in [5.74, 6) is 0.529. The lowest BCUT2D eigenvalue weighted by atomic mass is 10.2. The fourth-order valence-electron chi connectivity index (χ4n) is 3.58. The third-order valence-corrected chi connectivity index (χ3v) is 6.95. The Bertz CT molecular complexity index is 687. The van der Waals surface area contributed by atoms with Crippen molar-refractivity contribution in [3.63, 3.8) is 0 Å². The second-order valence-electron chi connectivity index (χ2n) is 7.41. The lowest BCUT2D eigenvalue weighted by Gasteiger charge is -2.26. The molecule has 0 spiro atoms. The molecular formula is C17H27N3O4S. The fourth-order valence-corrected chi connectivity index (χ4v) is 5.42. The number of nitrogens with zero attached hydrogens (tertiary/aromatic N) is 3. The Balaban J connectivity index is 1.58. The second kappa shape index (κ2) is 7.34. The minimum Gasteiger partial charge on any atom is -0.376 e. The molecule has 0 amide bonds. The molecule has 3 aliphatic rings. The quantitative estimate of drug-likeness (QED) is 0.729. The van der Waals surface area contributed by atoms with E-state index in [1.807, 2.05) is 9.63 Å². The van der Waals surface area contributed by atoms with E-state index in [9.17, 15) is 8.42 Å². The zero-order valence-corrected chi connectivity index (χ0v) is 15.4. The highest BCUT2D eigenvalue weighted by atomic mass is 32.2. The minimum atomic E-state index is -3.35. The lowest BCUT2D eigenvalue weighted by Crippen LogP contribution is -2.31. The fraction of sp³-hybridized carbons (Fsp3) is 0.824. The zero-order valence-electron chi connectivity index (χ0n) is 14.6. The Morgan fingerprint density at radius 3 is 2.72 bits per heavy atom. The van der Waals surface area contributed by atoms with Gasteiger partial charge in [0.25, 0.3) is 0 Å². The lowest BCUT2D eigenvalue weighted by molar-refractivity contribution is -0.188. The van der Waals surface area contributed by atoms with E-state index in [0.29, 0.717) is 19.0 Å². The number of hydrogen-bond acceptors (Lipinski definition) is 6. The Kier molecular flexibility index (Phi) is 5.13. The van der Waals surface area contributed by atoms with Gasteiger partial charge in [-0.15, -0.1) is 0 Å². The summed E-state index contributed by atoms with van der Waals surface area (Å²) in [5, 5.41) is 2.13. The number of hydrogen-bond donors (Lipinski definition) is 0. The molecule has 140 valence electrons. The molecule has 0 aromatic carbocycles. The van der Waals surface area contributed by atoms with Crippen LogP contribution in [0.3, 0.4) is 0 Å². The van der Waals surface area contributed by atoms with Gasteiger partial charge in [-0.05, 0) is 44.4 Å². The maximum absolute atomic E-state index is 12.8. The molecule has 2 aliphatic heterocycles. The first-order valence-electron chi connectivity index (χ1n) is 9.38. The monoisotopic (exact) mass is 369 g/mol. The number of aromatic nitrogens is 2. The van der Waals surface area contributed by atoms with Crippen LogP contribution in [0, 0.1) is 5.92 Å². The summed E-state index contributed by atoms with van der Waals surface area (Å²) in [5.41, 5.74) is 0.895. The van der Waals surface area contributed by atoms with Crippen molar-refractivity contribution < 1.29 is 18.0 Å². The molecule has 1 atom stereocenters. The molecule has 1 saturated carbocycles. The van der Waals surface area contributed by atoms with Crippen LogP contribution in [0.25, 0.3) is 0 Å². The third-order valence-electron chi connectivity index (χ3n) is 5.16. The normalized spacial score (nSPS) is 25.5. The van der Waals surface area contributed by atoms with Crippen molar-refractivity contribution >= 4 is 9.84 Å². The average Bonchev–Trinajstić information content (AvgIpc) is 3.09. The van der Waals surface area contributed by atoms with E-state index in [1.54, 1.807) is 6.20 Å². The number of ether oxygens (including phenoxy) is 1. The zero-order chi connectivity index (χ0) is 17.3. The first kappa shape index (κ1) is 17.5. The van der Waals surface area contributed by atoms with Gasteiger partial charge in [-0.25, -0.2) is 13.4 Å². The highest BCUT2D eigenvalue weighted by Gasteiger charge is 2.33. The molecule has 1 aromatic rings. The molecule has 25 heavy (non-hydrogen) atoms. The van der Waals surface area contributed by atoms with Crippen LogP contribution in [-0.4, -0.2) is 54.6 Å². The summed E-state index contributed by atoms with van der Waals surface area (Å²) >= 11 is 0. The predicted molar refractivity (Wildman–Crippen MR) is 91.6 cm³/mol. The van der Waals surface area contributed by atoms with Crippen LogP contribution in [0.5, 0.6) is 0 Å². The van der Waals surface area contributed by atoms with Crippen molar-refractivity contribution in [1.29, 1.82) is 0 Å². The number of sulfone groups is 1. The molecule has 1 aliphatic carbocycles. The van der Waals surface area contributed by atoms with Crippen LogP contribution >= 0.6 is 0 Å². The SMILES string of the molecule is O=S(=O)(CC1CC1)c1ncc(CN2CCCCO2)n1CC1CCCO1. The molecule has 7 nitrogen and oxygen atoms in total. The summed E-state index contributed by atoms with van der Waals surface area (Å²) in [6.45, 7) is 3.48. The van der Waals surface area contributed by atoms with Gasteiger partial charge in [-0.3, -0.25) is 4.84 Å². The van der Waals surface area contributed by atoms with E-state index in [2.05, 4.69) is 4.98 Å². The van der Waals surface area contributed by atoms with E-state index in [-0.39, 0.29) is 17.0 Å². The van der Waals surface area contributed by atoms with Crippen molar-refractivity contribution in [3.8, 4) is 0 Å². The summed E-state index contributed by atoms with van der Waals surface area (Å²) in [7, 11) is -3.35. The van der Waals surface area contributed by atoms with Crippen molar-refractivity contribution in [1.82, 2.24) is 14.6 Å². The summed E-state index contributed by atoms with van der Waals surface area (Å²) in [6.07, 6.45) is 7.99. The third kappa shape index (κ3) is 4.24. The smallest absolute Gasteiger partial charge is 0.227 e. The van der Waals surface area contributed by atoms with Crippen LogP contribution < -0.4 is 0 Å². The minimum absolute atomic E-state index is 0.0742. The Labute approximate surface area is 149 Å². The number of rotatable bonds is 7. The van der Waals surface area contributed by atoms with E-state index in [0.717, 1.165) is 64.0 Å². The van der Waals surface area contributed by atoms with Crippen molar-refractivity contribution in [2.45, 2.75) is 62.9 Å². The number of hydroxylamine groups is 2. The Hall–Kier alpha value is -0.960. The van der Waals surface area contributed by atoms with E-state index >= 15 is 0 Å². The molecule has 2 saturated heterocycles. The molecule has 3 fully saturated rings. The standard InChI is InChI=1S/C17H27N3O4S/c21-25(22,13-14-5-6-14)17-18-10-15(11-19-7-1-2-9-24-19)20(17)12-16-4-3-8-23-16/h10,14,16H,1-9,11-13H2. The van der Waals surface area contributed by atoms with Crippen LogP contribution in [0.2, 0.25) is 0 Å². The molecule has 0 radical (unpaired) electrons. The molecule has 1 unspecified atom stereocenters. The maximum atomic E-state index is 12.8. The molecular weight excluding hydrogens is 342 g/mol. The molecule has 8 heteroatoms. The molecule has 1 aromatic heterocycles. The molecule has 0 bridgehead atoms. The topological polar surface area (TPSA) is 73.7 Å². The maximum Gasteiger partial charge on any atom is 0.227 e. The van der Waals surface area contributed by atoms with Gasteiger partial charge >= 0.3 is 0 Å².